The van der Waals surface area contributed by atoms with Gasteiger partial charge in [-0.2, -0.15) is 8.42 Å². The van der Waals surface area contributed by atoms with Gasteiger partial charge in [0.05, 0.1) is 25.2 Å². The second-order valence-corrected chi connectivity index (χ2v) is 10.8. The maximum absolute atomic E-state index is 14.2. The highest BCUT2D eigenvalue weighted by Crippen LogP contribution is 2.37. The second kappa shape index (κ2) is 11.5. The molecule has 1 heterocycles. The molecule has 0 unspecified atom stereocenters. The standard InChI is InChI=1S/C26H21ClFNO7S2/c1-3-35-23-13-16(7-12-22(23)36-38(32,33)18-10-8-17(34-2)9-11-18)14-24-25(30)29(26(31)37-24)15-19-20(27)5-4-6-21(19)28/h4-14H,3,15H2,1-2H3/b24-14-. The molecule has 12 heteroatoms. The molecule has 0 aliphatic carbocycles. The van der Waals surface area contributed by atoms with Gasteiger partial charge in [-0.1, -0.05) is 23.7 Å². The van der Waals surface area contributed by atoms with E-state index in [4.69, 9.17) is 25.3 Å². The number of halogens is 2. The van der Waals surface area contributed by atoms with Gasteiger partial charge in [-0.25, -0.2) is 4.39 Å². The van der Waals surface area contributed by atoms with Crippen LogP contribution in [0.3, 0.4) is 0 Å². The third kappa shape index (κ3) is 5.95. The number of nitrogens with zero attached hydrogens (tertiary/aromatic N) is 1. The summed E-state index contributed by atoms with van der Waals surface area (Å²) in [6.07, 6.45) is 1.46. The van der Waals surface area contributed by atoms with Crippen LogP contribution in [0.2, 0.25) is 5.02 Å². The molecule has 1 fully saturated rings. The Hall–Kier alpha value is -3.54. The summed E-state index contributed by atoms with van der Waals surface area (Å²) in [7, 11) is -2.71. The molecule has 1 aliphatic rings. The van der Waals surface area contributed by atoms with Crippen molar-refractivity contribution < 1.29 is 36.1 Å². The molecule has 8 nitrogen and oxygen atoms in total. The van der Waals surface area contributed by atoms with Crippen LogP contribution in [0.25, 0.3) is 6.08 Å². The molecule has 1 saturated heterocycles. The van der Waals surface area contributed by atoms with Crippen LogP contribution in [0.4, 0.5) is 9.18 Å². The molecular weight excluding hydrogens is 557 g/mol. The van der Waals surface area contributed by atoms with Gasteiger partial charge in [0.1, 0.15) is 16.5 Å². The summed E-state index contributed by atoms with van der Waals surface area (Å²) < 4.78 is 55.7. The Labute approximate surface area is 228 Å². The average molecular weight is 578 g/mol. The van der Waals surface area contributed by atoms with Crippen molar-refractivity contribution in [3.8, 4) is 17.2 Å². The quantitative estimate of drug-likeness (QED) is 0.229. The summed E-state index contributed by atoms with van der Waals surface area (Å²) in [6, 6.07) is 14.2. The first-order chi connectivity index (χ1) is 18.1. The number of thioether (sulfide) groups is 1. The summed E-state index contributed by atoms with van der Waals surface area (Å²) in [5, 5.41) is -0.467. The van der Waals surface area contributed by atoms with Crippen LogP contribution in [-0.2, 0) is 21.5 Å². The lowest BCUT2D eigenvalue weighted by molar-refractivity contribution is -0.123. The third-order valence-corrected chi connectivity index (χ3v) is 7.87. The van der Waals surface area contributed by atoms with E-state index in [1.54, 1.807) is 6.92 Å². The first kappa shape index (κ1) is 27.5. The van der Waals surface area contributed by atoms with Crippen molar-refractivity contribution in [1.29, 1.82) is 0 Å². The molecule has 0 radical (unpaired) electrons. The third-order valence-electron chi connectivity index (χ3n) is 5.36. The molecule has 1 aliphatic heterocycles. The zero-order chi connectivity index (χ0) is 27.4. The number of benzene rings is 3. The molecule has 0 spiro atoms. The second-order valence-electron chi connectivity index (χ2n) is 7.82. The number of hydrogen-bond acceptors (Lipinski definition) is 8. The summed E-state index contributed by atoms with van der Waals surface area (Å²) in [4.78, 5) is 26.4. The topological polar surface area (TPSA) is 99.2 Å². The van der Waals surface area contributed by atoms with E-state index in [0.717, 1.165) is 4.90 Å². The Morgan fingerprint density at radius 2 is 1.79 bits per heavy atom. The number of methoxy groups -OCH3 is 1. The molecule has 0 bridgehead atoms. The molecular formula is C26H21ClFNO7S2. The van der Waals surface area contributed by atoms with Crippen molar-refractivity contribution in [1.82, 2.24) is 4.90 Å². The molecule has 2 amide bonds. The van der Waals surface area contributed by atoms with E-state index < -0.39 is 27.1 Å². The largest absolute Gasteiger partial charge is 0.497 e. The zero-order valence-corrected chi connectivity index (χ0v) is 22.5. The van der Waals surface area contributed by atoms with E-state index in [0.29, 0.717) is 23.1 Å². The number of carbonyl (C=O) groups is 2. The predicted octanol–water partition coefficient (Wildman–Crippen LogP) is 5.89. The van der Waals surface area contributed by atoms with Gasteiger partial charge in [-0.15, -0.1) is 0 Å². The van der Waals surface area contributed by atoms with E-state index in [9.17, 15) is 22.4 Å². The van der Waals surface area contributed by atoms with Crippen molar-refractivity contribution in [2.45, 2.75) is 18.4 Å². The number of carbonyl (C=O) groups excluding carboxylic acids is 2. The molecule has 0 aromatic heterocycles. The van der Waals surface area contributed by atoms with Crippen molar-refractivity contribution in [2.24, 2.45) is 0 Å². The van der Waals surface area contributed by atoms with E-state index >= 15 is 0 Å². The zero-order valence-electron chi connectivity index (χ0n) is 20.1. The van der Waals surface area contributed by atoms with Gasteiger partial charge in [-0.05, 0) is 78.9 Å². The molecule has 0 saturated carbocycles. The first-order valence-electron chi connectivity index (χ1n) is 11.2. The minimum Gasteiger partial charge on any atom is -0.497 e. The Bertz CT molecular complexity index is 1500. The lowest BCUT2D eigenvalue weighted by atomic mass is 10.1. The van der Waals surface area contributed by atoms with Crippen LogP contribution in [0, 0.1) is 5.82 Å². The smallest absolute Gasteiger partial charge is 0.339 e. The number of hydrogen-bond donors (Lipinski definition) is 0. The molecule has 0 N–H and O–H groups in total. The van der Waals surface area contributed by atoms with Crippen LogP contribution < -0.4 is 13.7 Å². The maximum Gasteiger partial charge on any atom is 0.339 e. The van der Waals surface area contributed by atoms with Gasteiger partial charge in [0.15, 0.2) is 11.5 Å². The minimum atomic E-state index is -4.18. The van der Waals surface area contributed by atoms with Gasteiger partial charge in [0.2, 0.25) is 0 Å². The molecule has 3 aromatic carbocycles. The number of imide groups is 1. The van der Waals surface area contributed by atoms with Gasteiger partial charge >= 0.3 is 10.1 Å². The van der Waals surface area contributed by atoms with Crippen molar-refractivity contribution >= 4 is 50.7 Å². The monoisotopic (exact) mass is 577 g/mol. The lowest BCUT2D eigenvalue weighted by Gasteiger charge is -2.14. The fraction of sp³-hybridized carbons (Fsp3) is 0.154. The van der Waals surface area contributed by atoms with Crippen LogP contribution in [0.5, 0.6) is 17.2 Å². The summed E-state index contributed by atoms with van der Waals surface area (Å²) in [6.45, 7) is 1.61. The number of rotatable bonds is 9. The molecule has 4 rings (SSSR count). The van der Waals surface area contributed by atoms with Crippen LogP contribution in [-0.4, -0.2) is 38.2 Å². The van der Waals surface area contributed by atoms with E-state index in [2.05, 4.69) is 0 Å². The van der Waals surface area contributed by atoms with Crippen LogP contribution in [0.15, 0.2) is 70.5 Å². The Morgan fingerprint density at radius 3 is 2.45 bits per heavy atom. The highest BCUT2D eigenvalue weighted by Gasteiger charge is 2.36. The number of amides is 2. The van der Waals surface area contributed by atoms with Gasteiger partial charge in [0, 0.05) is 10.6 Å². The molecule has 198 valence electrons. The normalized spacial score (nSPS) is 14.7. The molecule has 3 aromatic rings. The summed E-state index contributed by atoms with van der Waals surface area (Å²) in [5.41, 5.74) is 0.494. The lowest BCUT2D eigenvalue weighted by Crippen LogP contribution is -2.28. The van der Waals surface area contributed by atoms with Gasteiger partial charge in [-0.3, -0.25) is 14.5 Å². The Kier molecular flexibility index (Phi) is 8.29. The number of ether oxygens (including phenoxy) is 2. The highest BCUT2D eigenvalue weighted by atomic mass is 35.5. The summed E-state index contributed by atoms with van der Waals surface area (Å²) in [5.74, 6) is -0.677. The van der Waals surface area contributed by atoms with E-state index in [1.165, 1.54) is 73.8 Å². The van der Waals surface area contributed by atoms with E-state index in [-0.39, 0.29) is 45.0 Å². The van der Waals surface area contributed by atoms with E-state index in [1.807, 2.05) is 0 Å². The maximum atomic E-state index is 14.2. The van der Waals surface area contributed by atoms with Gasteiger partial charge < -0.3 is 13.7 Å². The average Bonchev–Trinajstić information content (AvgIpc) is 3.15. The highest BCUT2D eigenvalue weighted by molar-refractivity contribution is 8.18. The minimum absolute atomic E-state index is 0.0379. The van der Waals surface area contributed by atoms with Crippen molar-refractivity contribution in [2.75, 3.05) is 13.7 Å². The van der Waals surface area contributed by atoms with Crippen molar-refractivity contribution in [3.63, 3.8) is 0 Å². The predicted molar refractivity (Wildman–Crippen MR) is 141 cm³/mol. The van der Waals surface area contributed by atoms with Crippen LogP contribution >= 0.6 is 23.4 Å². The SMILES string of the molecule is CCOc1cc(/C=C2\SC(=O)N(Cc3c(F)cccc3Cl)C2=O)ccc1OS(=O)(=O)c1ccc(OC)cc1. The van der Waals surface area contributed by atoms with Crippen LogP contribution in [0.1, 0.15) is 18.1 Å². The van der Waals surface area contributed by atoms with Gasteiger partial charge in [0.25, 0.3) is 11.1 Å². The van der Waals surface area contributed by atoms with Crippen molar-refractivity contribution in [3.05, 3.63) is 87.5 Å². The Morgan fingerprint density at radius 1 is 1.05 bits per heavy atom. The fourth-order valence-corrected chi connectivity index (χ4v) is 5.49. The first-order valence-corrected chi connectivity index (χ1v) is 13.8. The molecule has 38 heavy (non-hydrogen) atoms. The fourth-order valence-electron chi connectivity index (χ4n) is 3.49. The Balaban J connectivity index is 1.57. The summed E-state index contributed by atoms with van der Waals surface area (Å²) >= 11 is 6.74. The molecule has 0 atom stereocenters.